The van der Waals surface area contributed by atoms with Gasteiger partial charge in [-0.05, 0) is 31.2 Å². The fraction of sp³-hybridized carbons (Fsp3) is 0.619. The highest BCUT2D eigenvalue weighted by molar-refractivity contribution is 5.80. The van der Waals surface area contributed by atoms with Gasteiger partial charge < -0.3 is 15.1 Å². The lowest BCUT2D eigenvalue weighted by Gasteiger charge is -2.43. The predicted octanol–water partition coefficient (Wildman–Crippen LogP) is 2.86. The van der Waals surface area contributed by atoms with E-state index in [9.17, 15) is 19.8 Å². The minimum absolute atomic E-state index is 0.0381. The lowest BCUT2D eigenvalue weighted by atomic mass is 9.71. The average Bonchev–Trinajstić information content (AvgIpc) is 2.93. The number of aliphatic carboxylic acids is 1. The number of aliphatic hydroxyl groups is 1. The summed E-state index contributed by atoms with van der Waals surface area (Å²) in [5, 5.41) is 20.6. The maximum absolute atomic E-state index is 12.9. The summed E-state index contributed by atoms with van der Waals surface area (Å²) in [4.78, 5) is 26.6. The molecule has 1 aromatic rings. The number of rotatable bonds is 4. The summed E-state index contributed by atoms with van der Waals surface area (Å²) in [6.07, 6.45) is 5.89. The normalized spacial score (nSPS) is 27.7. The number of likely N-dealkylation sites (tertiary alicyclic amines) is 1. The lowest BCUT2D eigenvalue weighted by molar-refractivity contribution is -0.167. The van der Waals surface area contributed by atoms with Crippen molar-refractivity contribution in [2.45, 2.75) is 57.5 Å². The van der Waals surface area contributed by atoms with E-state index in [0.717, 1.165) is 31.2 Å². The molecule has 5 nitrogen and oxygen atoms in total. The fourth-order valence-corrected chi connectivity index (χ4v) is 4.45. The van der Waals surface area contributed by atoms with Crippen molar-refractivity contribution < 1.29 is 19.8 Å². The zero-order chi connectivity index (χ0) is 18.6. The second-order valence-corrected chi connectivity index (χ2v) is 7.86. The third-order valence-electron chi connectivity index (χ3n) is 6.16. The van der Waals surface area contributed by atoms with Crippen molar-refractivity contribution in [3.63, 3.8) is 0 Å². The van der Waals surface area contributed by atoms with Crippen LogP contribution in [0, 0.1) is 11.3 Å². The number of carbonyl (C=O) groups is 2. The van der Waals surface area contributed by atoms with Gasteiger partial charge in [0.15, 0.2) is 0 Å². The maximum Gasteiger partial charge on any atom is 0.312 e. The van der Waals surface area contributed by atoms with Crippen LogP contribution in [0.1, 0.15) is 50.5 Å². The summed E-state index contributed by atoms with van der Waals surface area (Å²) >= 11 is 0. The van der Waals surface area contributed by atoms with E-state index >= 15 is 0 Å². The van der Waals surface area contributed by atoms with E-state index < -0.39 is 17.5 Å². The predicted molar refractivity (Wildman–Crippen MR) is 98.6 cm³/mol. The van der Waals surface area contributed by atoms with Crippen LogP contribution in [0.4, 0.5) is 0 Å². The molecule has 142 valence electrons. The van der Waals surface area contributed by atoms with E-state index in [2.05, 4.69) is 0 Å². The zero-order valence-electron chi connectivity index (χ0n) is 15.3. The van der Waals surface area contributed by atoms with Crippen molar-refractivity contribution >= 4 is 11.9 Å². The summed E-state index contributed by atoms with van der Waals surface area (Å²) < 4.78 is 0. The van der Waals surface area contributed by atoms with E-state index in [1.54, 1.807) is 4.90 Å². The lowest BCUT2D eigenvalue weighted by Crippen LogP contribution is -2.57. The fourth-order valence-electron chi connectivity index (χ4n) is 4.45. The Labute approximate surface area is 155 Å². The maximum atomic E-state index is 12.9. The van der Waals surface area contributed by atoms with Crippen LogP contribution in [0.2, 0.25) is 0 Å². The molecule has 0 aromatic heterocycles. The summed E-state index contributed by atoms with van der Waals surface area (Å²) in [6, 6.07) is 9.42. The Morgan fingerprint density at radius 2 is 1.73 bits per heavy atom. The molecule has 2 atom stereocenters. The highest BCUT2D eigenvalue weighted by Crippen LogP contribution is 2.37. The van der Waals surface area contributed by atoms with Gasteiger partial charge in [0.1, 0.15) is 5.41 Å². The monoisotopic (exact) mass is 359 g/mol. The van der Waals surface area contributed by atoms with Gasteiger partial charge in [0.25, 0.3) is 0 Å². The zero-order valence-corrected chi connectivity index (χ0v) is 15.3. The number of carbonyl (C=O) groups excluding carboxylic acids is 1. The van der Waals surface area contributed by atoms with Crippen molar-refractivity contribution in [3.05, 3.63) is 35.9 Å². The third-order valence-corrected chi connectivity index (χ3v) is 6.16. The van der Waals surface area contributed by atoms with Crippen molar-refractivity contribution in [2.75, 3.05) is 13.1 Å². The molecular weight excluding hydrogens is 330 g/mol. The summed E-state index contributed by atoms with van der Waals surface area (Å²) in [5.41, 5.74) is -0.320. The van der Waals surface area contributed by atoms with E-state index in [0.29, 0.717) is 6.54 Å². The minimum atomic E-state index is -1.22. The molecule has 3 rings (SSSR count). The molecule has 2 fully saturated rings. The molecule has 5 heteroatoms. The first-order chi connectivity index (χ1) is 12.5. The van der Waals surface area contributed by atoms with Crippen molar-refractivity contribution in [2.24, 2.45) is 11.3 Å². The molecule has 26 heavy (non-hydrogen) atoms. The van der Waals surface area contributed by atoms with Gasteiger partial charge in [0, 0.05) is 19.0 Å². The largest absolute Gasteiger partial charge is 0.481 e. The Morgan fingerprint density at radius 3 is 2.31 bits per heavy atom. The molecular formula is C21H29NO4. The first kappa shape index (κ1) is 18.9. The molecule has 0 radical (unpaired) electrons. The number of carboxylic acids is 1. The van der Waals surface area contributed by atoms with Gasteiger partial charge in [0.05, 0.1) is 6.10 Å². The quantitative estimate of drug-likeness (QED) is 0.811. The number of carboxylic acid groups (broad SMARTS) is 1. The molecule has 2 aliphatic rings. The Morgan fingerprint density at radius 1 is 1.08 bits per heavy atom. The number of piperidine rings is 1. The van der Waals surface area contributed by atoms with Gasteiger partial charge in [-0.1, -0.05) is 56.0 Å². The number of β-amino-alcohol motifs (C(OH)–C–C–N with tert-alkyl or cyclic N) is 1. The van der Waals surface area contributed by atoms with Gasteiger partial charge in [-0.2, -0.15) is 0 Å². The highest BCUT2D eigenvalue weighted by atomic mass is 16.4. The third kappa shape index (κ3) is 3.93. The van der Waals surface area contributed by atoms with Gasteiger partial charge >= 0.3 is 5.97 Å². The number of amides is 1. The SMILES string of the molecule is O=C(C1CCCCCC1)N1CC[C@](Cc2ccccc2)(C(=O)O)[C@@H](O)C1. The number of nitrogens with zero attached hydrogens (tertiary/aromatic N) is 1. The van der Waals surface area contributed by atoms with E-state index in [1.807, 2.05) is 30.3 Å². The van der Waals surface area contributed by atoms with Crippen LogP contribution in [0.5, 0.6) is 0 Å². The molecule has 0 spiro atoms. The van der Waals surface area contributed by atoms with Crippen LogP contribution in [0.3, 0.4) is 0 Å². The number of hydrogen-bond donors (Lipinski definition) is 2. The topological polar surface area (TPSA) is 77.8 Å². The van der Waals surface area contributed by atoms with Crippen LogP contribution < -0.4 is 0 Å². The molecule has 1 aliphatic heterocycles. The summed E-state index contributed by atoms with van der Waals surface area (Å²) in [6.45, 7) is 0.528. The number of aliphatic hydroxyl groups excluding tert-OH is 1. The van der Waals surface area contributed by atoms with Crippen LogP contribution in [-0.4, -0.2) is 46.2 Å². The van der Waals surface area contributed by atoms with Crippen molar-refractivity contribution in [1.82, 2.24) is 4.90 Å². The van der Waals surface area contributed by atoms with Gasteiger partial charge in [0.2, 0.25) is 5.91 Å². The van der Waals surface area contributed by atoms with Gasteiger partial charge in [-0.15, -0.1) is 0 Å². The average molecular weight is 359 g/mol. The molecule has 0 bridgehead atoms. The standard InChI is InChI=1S/C21H29NO4/c23-18-15-22(19(24)17-10-6-1-2-7-11-17)13-12-21(18,20(25)26)14-16-8-4-3-5-9-16/h3-5,8-9,17-18,23H,1-2,6-7,10-15H2,(H,25,26)/t18-,21+/m0/s1. The van der Waals surface area contributed by atoms with Crippen molar-refractivity contribution in [1.29, 1.82) is 0 Å². The minimum Gasteiger partial charge on any atom is -0.481 e. The molecule has 0 unspecified atom stereocenters. The second-order valence-electron chi connectivity index (χ2n) is 7.86. The number of hydrogen-bond acceptors (Lipinski definition) is 3. The second kappa shape index (κ2) is 8.21. The van der Waals surface area contributed by atoms with E-state index in [-0.39, 0.29) is 31.2 Å². The van der Waals surface area contributed by atoms with Crippen LogP contribution in [-0.2, 0) is 16.0 Å². The molecule has 1 amide bonds. The Kier molecular flexibility index (Phi) is 5.97. The number of benzene rings is 1. The van der Waals surface area contributed by atoms with Crippen LogP contribution in [0.25, 0.3) is 0 Å². The first-order valence-electron chi connectivity index (χ1n) is 9.77. The Balaban J connectivity index is 1.70. The van der Waals surface area contributed by atoms with E-state index in [1.165, 1.54) is 12.8 Å². The van der Waals surface area contributed by atoms with Crippen LogP contribution >= 0.6 is 0 Å². The van der Waals surface area contributed by atoms with Crippen LogP contribution in [0.15, 0.2) is 30.3 Å². The van der Waals surface area contributed by atoms with E-state index in [4.69, 9.17) is 0 Å². The summed E-state index contributed by atoms with van der Waals surface area (Å²) in [7, 11) is 0. The smallest absolute Gasteiger partial charge is 0.312 e. The molecule has 2 N–H and O–H groups in total. The van der Waals surface area contributed by atoms with Gasteiger partial charge in [-0.25, -0.2) is 0 Å². The highest BCUT2D eigenvalue weighted by Gasteiger charge is 2.49. The molecule has 1 saturated heterocycles. The molecule has 1 aliphatic carbocycles. The Hall–Kier alpha value is -1.88. The Bertz CT molecular complexity index is 624. The first-order valence-corrected chi connectivity index (χ1v) is 9.77. The van der Waals surface area contributed by atoms with Gasteiger partial charge in [-0.3, -0.25) is 9.59 Å². The molecule has 1 saturated carbocycles. The summed E-state index contributed by atoms with van der Waals surface area (Å²) in [5.74, 6) is -0.837. The molecule has 1 aromatic carbocycles. The van der Waals surface area contributed by atoms with Crippen molar-refractivity contribution in [3.8, 4) is 0 Å². The molecule has 1 heterocycles.